The first-order valence-corrected chi connectivity index (χ1v) is 5.97. The normalized spacial score (nSPS) is 10.3. The third-order valence-electron chi connectivity index (χ3n) is 2.04. The second-order valence-electron chi connectivity index (χ2n) is 3.37. The number of aromatic amines is 1. The molecule has 4 N–H and O–H groups in total. The van der Waals surface area contributed by atoms with Gasteiger partial charge in [-0.15, -0.1) is 0 Å². The zero-order chi connectivity index (χ0) is 14.7. The molecular weight excluding hydrogens is 288 g/mol. The van der Waals surface area contributed by atoms with Crippen molar-refractivity contribution in [2.24, 2.45) is 12.9 Å². The molecule has 0 aliphatic carbocycles. The minimum atomic E-state index is -0.899. The highest BCUT2D eigenvalue weighted by atomic mass is 32.2. The van der Waals surface area contributed by atoms with Crippen molar-refractivity contribution in [3.8, 4) is 6.01 Å². The molecule has 106 valence electrons. The van der Waals surface area contributed by atoms with E-state index in [-0.39, 0.29) is 22.3 Å². The molecule has 0 saturated carbocycles. The number of anilines is 1. The lowest BCUT2D eigenvalue weighted by atomic mass is 10.8. The Bertz CT molecular complexity index is 719. The van der Waals surface area contributed by atoms with E-state index in [2.05, 4.69) is 30.5 Å². The maximum absolute atomic E-state index is 11.2. The number of nitrogens with one attached hydrogen (secondary N) is 2. The van der Waals surface area contributed by atoms with Crippen LogP contribution < -0.4 is 27.1 Å². The lowest BCUT2D eigenvalue weighted by molar-refractivity contribution is 0.373. The number of nitrogens with zero attached hydrogens (tertiary/aromatic N) is 5. The van der Waals surface area contributed by atoms with E-state index in [0.717, 1.165) is 11.8 Å². The molecule has 0 aliphatic rings. The van der Waals surface area contributed by atoms with Crippen molar-refractivity contribution in [2.45, 2.75) is 10.3 Å². The molecule has 0 atom stereocenters. The Morgan fingerprint density at radius 1 is 1.30 bits per heavy atom. The molecule has 0 fully saturated rings. The van der Waals surface area contributed by atoms with Gasteiger partial charge in [0.15, 0.2) is 5.16 Å². The summed E-state index contributed by atoms with van der Waals surface area (Å²) in [4.78, 5) is 37.7. The molecule has 20 heavy (non-hydrogen) atoms. The summed E-state index contributed by atoms with van der Waals surface area (Å²) < 4.78 is 6.17. The van der Waals surface area contributed by atoms with Crippen LogP contribution in [-0.4, -0.2) is 36.8 Å². The fourth-order valence-corrected chi connectivity index (χ4v) is 1.90. The van der Waals surface area contributed by atoms with Crippen molar-refractivity contribution in [1.29, 1.82) is 0 Å². The van der Waals surface area contributed by atoms with Crippen LogP contribution in [0, 0.1) is 0 Å². The summed E-state index contributed by atoms with van der Waals surface area (Å²) in [6.45, 7) is 0. The lowest BCUT2D eigenvalue weighted by Crippen LogP contribution is -2.33. The van der Waals surface area contributed by atoms with E-state index < -0.39 is 11.1 Å². The van der Waals surface area contributed by atoms with E-state index in [1.165, 1.54) is 18.8 Å². The van der Waals surface area contributed by atoms with Gasteiger partial charge in [0.05, 0.1) is 7.11 Å². The van der Waals surface area contributed by atoms with Gasteiger partial charge in [-0.1, -0.05) is 0 Å². The van der Waals surface area contributed by atoms with E-state index in [9.17, 15) is 9.59 Å². The molecule has 0 radical (unpaired) electrons. The number of rotatable bonds is 4. The number of H-pyrrole nitrogens is 1. The summed E-state index contributed by atoms with van der Waals surface area (Å²) in [6.07, 6.45) is 0. The number of hydrogen-bond acceptors (Lipinski definition) is 10. The van der Waals surface area contributed by atoms with E-state index in [1.54, 1.807) is 0 Å². The first kappa shape index (κ1) is 14.0. The smallest absolute Gasteiger partial charge is 0.339 e. The van der Waals surface area contributed by atoms with Crippen LogP contribution in [0.25, 0.3) is 0 Å². The maximum Gasteiger partial charge on any atom is 0.339 e. The van der Waals surface area contributed by atoms with Gasteiger partial charge in [-0.3, -0.25) is 24.8 Å². The predicted octanol–water partition coefficient (Wildman–Crippen LogP) is -1.90. The average molecular weight is 298 g/mol. The van der Waals surface area contributed by atoms with Gasteiger partial charge in [0.25, 0.3) is 0 Å². The Morgan fingerprint density at radius 3 is 2.70 bits per heavy atom. The highest BCUT2D eigenvalue weighted by molar-refractivity contribution is 7.99. The Balaban J connectivity index is 2.41. The van der Waals surface area contributed by atoms with Gasteiger partial charge in [-0.25, -0.2) is 5.84 Å². The molecule has 2 aromatic rings. The van der Waals surface area contributed by atoms with Crippen molar-refractivity contribution in [3.05, 3.63) is 20.7 Å². The van der Waals surface area contributed by atoms with Crippen LogP contribution in [0.2, 0.25) is 0 Å². The average Bonchev–Trinajstić information content (AvgIpc) is 2.44. The van der Waals surface area contributed by atoms with Gasteiger partial charge in [-0.05, 0) is 11.8 Å². The molecule has 2 rings (SSSR count). The number of methoxy groups -OCH3 is 1. The van der Waals surface area contributed by atoms with Crippen LogP contribution >= 0.6 is 11.8 Å². The first-order chi connectivity index (χ1) is 9.53. The largest absolute Gasteiger partial charge is 0.467 e. The third-order valence-corrected chi connectivity index (χ3v) is 2.95. The summed E-state index contributed by atoms with van der Waals surface area (Å²) in [6, 6.07) is 0.0462. The molecule has 0 bridgehead atoms. The van der Waals surface area contributed by atoms with Gasteiger partial charge in [0.2, 0.25) is 11.1 Å². The fraction of sp³-hybridized carbons (Fsp3) is 0.250. The maximum atomic E-state index is 11.2. The summed E-state index contributed by atoms with van der Waals surface area (Å²) in [5.41, 5.74) is 0.551. The first-order valence-electron chi connectivity index (χ1n) is 5.15. The molecule has 0 aliphatic heterocycles. The highest BCUT2D eigenvalue weighted by Crippen LogP contribution is 2.22. The van der Waals surface area contributed by atoms with Crippen molar-refractivity contribution >= 4 is 17.7 Å². The SMILES string of the molecule is COc1nc(NN)nc(Sc2nc(=O)c(=O)[nH]n2C)n1. The van der Waals surface area contributed by atoms with Gasteiger partial charge < -0.3 is 4.74 Å². The van der Waals surface area contributed by atoms with E-state index in [0.29, 0.717) is 0 Å². The van der Waals surface area contributed by atoms with Crippen molar-refractivity contribution < 1.29 is 4.74 Å². The van der Waals surface area contributed by atoms with Crippen LogP contribution in [0.15, 0.2) is 19.9 Å². The molecule has 0 amide bonds. The highest BCUT2D eigenvalue weighted by Gasteiger charge is 2.11. The molecule has 0 unspecified atom stereocenters. The van der Waals surface area contributed by atoms with E-state index >= 15 is 0 Å². The molecule has 12 heteroatoms. The number of ether oxygens (including phenoxy) is 1. The standard InChI is InChI=1S/C8H10N8O3S/c1-16-8(10-3(17)4(18)15-16)20-7-12-5(14-9)11-6(13-7)19-2/h9H2,1-2H3,(H,15,18)(H,11,12,13,14). The van der Waals surface area contributed by atoms with Gasteiger partial charge in [-0.2, -0.15) is 19.9 Å². The molecule has 2 heterocycles. The van der Waals surface area contributed by atoms with E-state index in [1.807, 2.05) is 0 Å². The number of aryl methyl sites for hydroxylation is 1. The zero-order valence-corrected chi connectivity index (χ0v) is 11.3. The molecule has 0 spiro atoms. The van der Waals surface area contributed by atoms with Crippen LogP contribution in [-0.2, 0) is 7.05 Å². The van der Waals surface area contributed by atoms with Crippen LogP contribution in [0.3, 0.4) is 0 Å². The summed E-state index contributed by atoms with van der Waals surface area (Å²) >= 11 is 0.940. The Labute approximate surface area is 115 Å². The number of hydrogen-bond donors (Lipinski definition) is 3. The van der Waals surface area contributed by atoms with Crippen LogP contribution in [0.1, 0.15) is 0 Å². The zero-order valence-electron chi connectivity index (χ0n) is 10.4. The Hall–Kier alpha value is -2.47. The molecule has 11 nitrogen and oxygen atoms in total. The lowest BCUT2D eigenvalue weighted by Gasteiger charge is -2.06. The summed E-state index contributed by atoms with van der Waals surface area (Å²) in [5, 5.41) is 2.70. The van der Waals surface area contributed by atoms with Gasteiger partial charge in [0.1, 0.15) is 0 Å². The molecular formula is C8H10N8O3S. The predicted molar refractivity (Wildman–Crippen MR) is 68.4 cm³/mol. The summed E-state index contributed by atoms with van der Waals surface area (Å²) in [7, 11) is 2.91. The minimum absolute atomic E-state index is 0.0462. The van der Waals surface area contributed by atoms with Gasteiger partial charge >= 0.3 is 17.1 Å². The topological polar surface area (TPSA) is 154 Å². The van der Waals surface area contributed by atoms with Crippen molar-refractivity contribution in [3.63, 3.8) is 0 Å². The van der Waals surface area contributed by atoms with E-state index in [4.69, 9.17) is 10.6 Å². The van der Waals surface area contributed by atoms with Crippen LogP contribution in [0.4, 0.5) is 5.95 Å². The molecule has 0 aromatic carbocycles. The molecule has 0 saturated heterocycles. The second-order valence-corrected chi connectivity index (χ2v) is 4.31. The number of hydrazine groups is 1. The Kier molecular flexibility index (Phi) is 3.95. The molecule has 2 aromatic heterocycles. The number of nitrogen functional groups attached to an aromatic ring is 1. The Morgan fingerprint density at radius 2 is 2.05 bits per heavy atom. The fourth-order valence-electron chi connectivity index (χ4n) is 1.17. The van der Waals surface area contributed by atoms with Crippen LogP contribution in [0.5, 0.6) is 6.01 Å². The number of aromatic nitrogens is 6. The van der Waals surface area contributed by atoms with Crippen molar-refractivity contribution in [1.82, 2.24) is 29.7 Å². The number of nitrogens with two attached hydrogens (primary N) is 1. The van der Waals surface area contributed by atoms with Crippen molar-refractivity contribution in [2.75, 3.05) is 12.5 Å². The third kappa shape index (κ3) is 2.92. The minimum Gasteiger partial charge on any atom is -0.467 e. The van der Waals surface area contributed by atoms with Gasteiger partial charge in [0, 0.05) is 7.05 Å². The second kappa shape index (κ2) is 5.66. The quantitative estimate of drug-likeness (QED) is 0.331. The monoisotopic (exact) mass is 298 g/mol. The summed E-state index contributed by atoms with van der Waals surface area (Å²) in [5.74, 6) is 5.32.